The van der Waals surface area contributed by atoms with Gasteiger partial charge >= 0.3 is 0 Å². The Balaban J connectivity index is 1.23. The summed E-state index contributed by atoms with van der Waals surface area (Å²) in [6.45, 7) is 11.0. The monoisotopic (exact) mass is 504 g/mol. The maximum atomic E-state index is 13.1. The van der Waals surface area contributed by atoms with Crippen LogP contribution in [-0.4, -0.2) is 55.4 Å². The van der Waals surface area contributed by atoms with Crippen LogP contribution in [0.3, 0.4) is 0 Å². The molecule has 3 aromatic rings. The number of hydrogen-bond acceptors (Lipinski definition) is 5. The van der Waals surface area contributed by atoms with E-state index < -0.39 is 10.0 Å². The summed E-state index contributed by atoms with van der Waals surface area (Å²) in [5, 5.41) is 0.792. The number of para-hydroxylation sites is 1. The van der Waals surface area contributed by atoms with Crippen molar-refractivity contribution in [2.24, 2.45) is 5.92 Å². The lowest BCUT2D eigenvalue weighted by molar-refractivity contribution is 0.105. The van der Waals surface area contributed by atoms with E-state index >= 15 is 0 Å². The van der Waals surface area contributed by atoms with Gasteiger partial charge in [0.1, 0.15) is 4.90 Å². The van der Waals surface area contributed by atoms with Crippen molar-refractivity contribution in [3.8, 4) is 0 Å². The van der Waals surface area contributed by atoms with Crippen molar-refractivity contribution in [2.75, 3.05) is 30.9 Å². The van der Waals surface area contributed by atoms with E-state index in [0.29, 0.717) is 17.2 Å². The van der Waals surface area contributed by atoms with Crippen molar-refractivity contribution in [3.05, 3.63) is 72.9 Å². The lowest BCUT2D eigenvalue weighted by atomic mass is 9.88. The molecular formula is C29H36N4O2S. The zero-order valence-corrected chi connectivity index (χ0v) is 21.9. The van der Waals surface area contributed by atoms with Gasteiger partial charge in [0, 0.05) is 55.2 Å². The standard InChI is InChI=1S/C29H36N4O2S/c1-22-20-32(21-24-8-4-3-5-9-24)18-19-33(22)23(2)25-13-15-27(16-14-25)31-36(34,35)28-12-6-10-26-11-7-17-30-29(26)28/h6-7,10-17,22,24,31H,2-5,8-9,18-21H2,1H3/t22-/m0/s1. The van der Waals surface area contributed by atoms with Crippen LogP contribution in [0.4, 0.5) is 5.69 Å². The minimum atomic E-state index is -3.77. The van der Waals surface area contributed by atoms with Crippen molar-refractivity contribution in [1.82, 2.24) is 14.8 Å². The normalized spacial score (nSPS) is 19.9. The zero-order valence-electron chi connectivity index (χ0n) is 21.1. The molecular weight excluding hydrogens is 468 g/mol. The number of sulfonamides is 1. The maximum absolute atomic E-state index is 13.1. The maximum Gasteiger partial charge on any atom is 0.264 e. The first-order chi connectivity index (χ1) is 17.4. The average Bonchev–Trinajstić information content (AvgIpc) is 2.89. The molecule has 2 aromatic carbocycles. The highest BCUT2D eigenvalue weighted by molar-refractivity contribution is 7.93. The molecule has 1 saturated carbocycles. The van der Waals surface area contributed by atoms with Gasteiger partial charge in [-0.25, -0.2) is 8.42 Å². The molecule has 1 aromatic heterocycles. The molecule has 2 fully saturated rings. The van der Waals surface area contributed by atoms with Crippen LogP contribution in [0.1, 0.15) is 44.6 Å². The van der Waals surface area contributed by atoms with Gasteiger partial charge < -0.3 is 4.90 Å². The minimum absolute atomic E-state index is 0.175. The third-order valence-electron chi connectivity index (χ3n) is 7.66. The quantitative estimate of drug-likeness (QED) is 0.454. The third kappa shape index (κ3) is 5.42. The van der Waals surface area contributed by atoms with Crippen molar-refractivity contribution in [1.29, 1.82) is 0 Å². The van der Waals surface area contributed by atoms with Gasteiger partial charge in [-0.05, 0) is 55.5 Å². The predicted octanol–water partition coefficient (Wildman–Crippen LogP) is 5.59. The molecule has 1 N–H and O–H groups in total. The molecule has 5 rings (SSSR count). The van der Waals surface area contributed by atoms with Crippen molar-refractivity contribution >= 4 is 32.3 Å². The summed E-state index contributed by atoms with van der Waals surface area (Å²) in [5.41, 5.74) is 2.99. The predicted molar refractivity (Wildman–Crippen MR) is 147 cm³/mol. The summed E-state index contributed by atoms with van der Waals surface area (Å²) in [6, 6.07) is 16.7. The molecule has 2 heterocycles. The molecule has 6 nitrogen and oxygen atoms in total. The largest absolute Gasteiger partial charge is 0.366 e. The Bertz CT molecular complexity index is 1310. The first kappa shape index (κ1) is 24.8. The van der Waals surface area contributed by atoms with Gasteiger partial charge in [-0.3, -0.25) is 14.6 Å². The van der Waals surface area contributed by atoms with E-state index in [2.05, 4.69) is 33.0 Å². The smallest absolute Gasteiger partial charge is 0.264 e. The first-order valence-electron chi connectivity index (χ1n) is 13.1. The van der Waals surface area contributed by atoms with E-state index in [9.17, 15) is 8.42 Å². The fourth-order valence-corrected chi connectivity index (χ4v) is 6.97. The van der Waals surface area contributed by atoms with Gasteiger partial charge in [0.2, 0.25) is 0 Å². The van der Waals surface area contributed by atoms with Gasteiger partial charge in [0.25, 0.3) is 10.0 Å². The van der Waals surface area contributed by atoms with Crippen LogP contribution < -0.4 is 4.72 Å². The summed E-state index contributed by atoms with van der Waals surface area (Å²) in [7, 11) is -3.77. The second kappa shape index (κ2) is 10.6. The van der Waals surface area contributed by atoms with E-state index in [1.165, 1.54) is 38.6 Å². The number of benzene rings is 2. The lowest BCUT2D eigenvalue weighted by Gasteiger charge is -2.43. The molecule has 0 bridgehead atoms. The van der Waals surface area contributed by atoms with Crippen LogP contribution in [-0.2, 0) is 10.0 Å². The third-order valence-corrected chi connectivity index (χ3v) is 9.07. The average molecular weight is 505 g/mol. The van der Waals surface area contributed by atoms with Crippen molar-refractivity contribution in [3.63, 3.8) is 0 Å². The Hall–Kier alpha value is -2.90. The molecule has 7 heteroatoms. The molecule has 1 saturated heterocycles. The summed E-state index contributed by atoms with van der Waals surface area (Å²) in [4.78, 5) is 9.47. The Labute approximate surface area is 215 Å². The fourth-order valence-electron chi connectivity index (χ4n) is 5.73. The second-order valence-corrected chi connectivity index (χ2v) is 11.9. The molecule has 1 aliphatic heterocycles. The number of nitrogens with zero attached hydrogens (tertiary/aromatic N) is 3. The van der Waals surface area contributed by atoms with E-state index in [1.807, 2.05) is 24.3 Å². The molecule has 0 unspecified atom stereocenters. The molecule has 36 heavy (non-hydrogen) atoms. The number of aromatic nitrogens is 1. The van der Waals surface area contributed by atoms with Gasteiger partial charge in [0.05, 0.1) is 5.52 Å². The number of pyridine rings is 1. The van der Waals surface area contributed by atoms with Crippen LogP contribution in [0.15, 0.2) is 72.3 Å². The molecule has 2 aliphatic rings. The van der Waals surface area contributed by atoms with E-state index in [1.54, 1.807) is 36.5 Å². The lowest BCUT2D eigenvalue weighted by Crippen LogP contribution is -2.51. The topological polar surface area (TPSA) is 65.5 Å². The first-order valence-corrected chi connectivity index (χ1v) is 14.5. The molecule has 190 valence electrons. The Kier molecular flexibility index (Phi) is 7.30. The van der Waals surface area contributed by atoms with Gasteiger partial charge in [0.15, 0.2) is 0 Å². The SMILES string of the molecule is C=C(c1ccc(NS(=O)(=O)c2cccc3cccnc23)cc1)N1CCN(CC2CCCCC2)C[C@@H]1C. The van der Waals surface area contributed by atoms with Gasteiger partial charge in [-0.2, -0.15) is 0 Å². The fraction of sp³-hybridized carbons (Fsp3) is 0.414. The van der Waals surface area contributed by atoms with E-state index in [0.717, 1.165) is 42.2 Å². The number of anilines is 1. The number of nitrogens with one attached hydrogen (secondary N) is 1. The number of hydrogen-bond donors (Lipinski definition) is 1. The summed E-state index contributed by atoms with van der Waals surface area (Å²) < 4.78 is 28.9. The minimum Gasteiger partial charge on any atom is -0.366 e. The van der Waals surface area contributed by atoms with Crippen molar-refractivity contribution < 1.29 is 8.42 Å². The van der Waals surface area contributed by atoms with Gasteiger partial charge in [-0.15, -0.1) is 0 Å². The van der Waals surface area contributed by atoms with Crippen LogP contribution in [0, 0.1) is 5.92 Å². The molecule has 0 radical (unpaired) electrons. The molecule has 1 aliphatic carbocycles. The number of fused-ring (bicyclic) bond motifs is 1. The molecule has 1 atom stereocenters. The highest BCUT2D eigenvalue weighted by Gasteiger charge is 2.27. The molecule has 0 spiro atoms. The highest BCUT2D eigenvalue weighted by atomic mass is 32.2. The molecule has 0 amide bonds. The highest BCUT2D eigenvalue weighted by Crippen LogP contribution is 2.29. The Morgan fingerprint density at radius 2 is 1.78 bits per heavy atom. The summed E-state index contributed by atoms with van der Waals surface area (Å²) in [6.07, 6.45) is 8.56. The van der Waals surface area contributed by atoms with Crippen LogP contribution in [0.5, 0.6) is 0 Å². The number of rotatable bonds is 7. The van der Waals surface area contributed by atoms with Crippen LogP contribution in [0.2, 0.25) is 0 Å². The summed E-state index contributed by atoms with van der Waals surface area (Å²) >= 11 is 0. The Morgan fingerprint density at radius 1 is 1.03 bits per heavy atom. The summed E-state index contributed by atoms with van der Waals surface area (Å²) in [5.74, 6) is 0.863. The second-order valence-electron chi connectivity index (χ2n) is 10.3. The van der Waals surface area contributed by atoms with Gasteiger partial charge in [-0.1, -0.05) is 56.2 Å². The number of piperazine rings is 1. The van der Waals surface area contributed by atoms with Crippen LogP contribution >= 0.6 is 0 Å². The van der Waals surface area contributed by atoms with Crippen LogP contribution in [0.25, 0.3) is 16.6 Å². The Morgan fingerprint density at radius 3 is 2.53 bits per heavy atom. The zero-order chi connectivity index (χ0) is 25.1. The van der Waals surface area contributed by atoms with E-state index in [-0.39, 0.29) is 4.90 Å². The van der Waals surface area contributed by atoms with Crippen molar-refractivity contribution in [2.45, 2.75) is 50.0 Å². The van der Waals surface area contributed by atoms with E-state index in [4.69, 9.17) is 0 Å².